The molecule has 5 aromatic rings. The van der Waals surface area contributed by atoms with Gasteiger partial charge in [-0.05, 0) is 99.3 Å². The fraction of sp³-hybridized carbons (Fsp3) is 0.152. The number of aromatic nitrogens is 3. The number of aromatic amines is 1. The molecule has 3 aromatic carbocycles. The average Bonchev–Trinajstić information content (AvgIpc) is 3.43. The van der Waals surface area contributed by atoms with E-state index in [-0.39, 0.29) is 17.0 Å². The zero-order chi connectivity index (χ0) is 30.2. The van der Waals surface area contributed by atoms with Crippen molar-refractivity contribution in [2.24, 2.45) is 4.99 Å². The molecule has 8 nitrogen and oxygen atoms in total. The first-order valence-electron chi connectivity index (χ1n) is 13.7. The van der Waals surface area contributed by atoms with Gasteiger partial charge in [-0.3, -0.25) is 24.2 Å². The van der Waals surface area contributed by atoms with E-state index in [0.717, 1.165) is 46.7 Å². The summed E-state index contributed by atoms with van der Waals surface area (Å²) in [5, 5.41) is 10.5. The van der Waals surface area contributed by atoms with Crippen LogP contribution in [0.5, 0.6) is 11.5 Å². The molecule has 0 aliphatic carbocycles. The van der Waals surface area contributed by atoms with E-state index in [2.05, 4.69) is 20.5 Å². The second-order valence-corrected chi connectivity index (χ2v) is 10.5. The van der Waals surface area contributed by atoms with Crippen LogP contribution in [0, 0.1) is 25.5 Å². The Hall–Kier alpha value is -5.38. The van der Waals surface area contributed by atoms with Crippen LogP contribution in [0.4, 0.5) is 14.5 Å². The number of H-pyrrole nitrogens is 1. The van der Waals surface area contributed by atoms with E-state index in [0.29, 0.717) is 22.7 Å². The number of nitrogens with zero attached hydrogens (tertiary/aromatic N) is 3. The number of ether oxygens (including phenoxy) is 1. The molecule has 216 valence electrons. The van der Waals surface area contributed by atoms with Gasteiger partial charge in [0, 0.05) is 46.0 Å². The monoisotopic (exact) mass is 579 g/mol. The Kier molecular flexibility index (Phi) is 7.19. The van der Waals surface area contributed by atoms with Crippen molar-refractivity contribution in [2.45, 2.75) is 33.6 Å². The maximum atomic E-state index is 15.4. The van der Waals surface area contributed by atoms with Crippen LogP contribution < -0.4 is 15.6 Å². The van der Waals surface area contributed by atoms with Crippen LogP contribution in [0.3, 0.4) is 0 Å². The van der Waals surface area contributed by atoms with Crippen molar-refractivity contribution < 1.29 is 18.3 Å². The lowest BCUT2D eigenvalue weighted by Gasteiger charge is -2.17. The zero-order valence-corrected chi connectivity index (χ0v) is 23.7. The summed E-state index contributed by atoms with van der Waals surface area (Å²) in [6, 6.07) is 14.9. The van der Waals surface area contributed by atoms with Gasteiger partial charge in [0.2, 0.25) is 0 Å². The Balaban J connectivity index is 1.28. The van der Waals surface area contributed by atoms with Gasteiger partial charge in [0.1, 0.15) is 17.1 Å². The molecule has 10 heteroatoms. The highest BCUT2D eigenvalue weighted by Crippen LogP contribution is 2.37. The second kappa shape index (κ2) is 11.1. The number of rotatable bonds is 6. The summed E-state index contributed by atoms with van der Waals surface area (Å²) in [4.78, 5) is 31.1. The topological polar surface area (TPSA) is 101 Å². The van der Waals surface area contributed by atoms with E-state index in [4.69, 9.17) is 4.74 Å². The number of aliphatic imine (C=N–C) groups is 1. The van der Waals surface area contributed by atoms with Crippen molar-refractivity contribution in [3.63, 3.8) is 0 Å². The fourth-order valence-electron chi connectivity index (χ4n) is 5.19. The predicted molar refractivity (Wildman–Crippen MR) is 162 cm³/mol. The number of allylic oxidation sites excluding steroid dienone is 1. The van der Waals surface area contributed by atoms with Crippen LogP contribution in [-0.4, -0.2) is 26.4 Å². The Morgan fingerprint density at radius 1 is 0.977 bits per heavy atom. The summed E-state index contributed by atoms with van der Waals surface area (Å²) in [7, 11) is 0. The normalized spacial score (nSPS) is 13.0. The first-order chi connectivity index (χ1) is 20.7. The number of anilines is 1. The van der Waals surface area contributed by atoms with Crippen molar-refractivity contribution in [3.05, 3.63) is 117 Å². The molecule has 0 radical (unpaired) electrons. The second-order valence-electron chi connectivity index (χ2n) is 10.5. The number of carbonyl (C=O) groups excluding carboxylic acids is 1. The van der Waals surface area contributed by atoms with Crippen LogP contribution in [-0.2, 0) is 0 Å². The first-order valence-corrected chi connectivity index (χ1v) is 13.7. The highest BCUT2D eigenvalue weighted by molar-refractivity contribution is 6.05. The SMILES string of the molecule is CC1=NC=C(c2cc3[nH]ncc3cc2Oc2ccc(NC(=O)c3c(C)cc(C)n(-c4ccc(F)cc4)c3=O)cc2F)CC1. The Morgan fingerprint density at radius 3 is 2.49 bits per heavy atom. The lowest BCUT2D eigenvalue weighted by molar-refractivity contribution is 0.102. The number of aryl methyl sites for hydroxylation is 2. The molecule has 2 N–H and O–H groups in total. The van der Waals surface area contributed by atoms with E-state index in [1.54, 1.807) is 38.4 Å². The minimum Gasteiger partial charge on any atom is -0.454 e. The van der Waals surface area contributed by atoms with E-state index >= 15 is 4.39 Å². The first kappa shape index (κ1) is 27.8. The molecule has 0 bridgehead atoms. The van der Waals surface area contributed by atoms with Crippen LogP contribution in [0.1, 0.15) is 46.9 Å². The number of fused-ring (bicyclic) bond motifs is 1. The number of halogens is 2. The number of hydrogen-bond donors (Lipinski definition) is 2. The molecule has 1 aliphatic heterocycles. The van der Waals surface area contributed by atoms with Gasteiger partial charge in [-0.15, -0.1) is 0 Å². The predicted octanol–water partition coefficient (Wildman–Crippen LogP) is 7.25. The van der Waals surface area contributed by atoms with Crippen molar-refractivity contribution in [2.75, 3.05) is 5.32 Å². The minimum absolute atomic E-state index is 0.0385. The average molecular weight is 580 g/mol. The van der Waals surface area contributed by atoms with E-state index in [1.807, 2.05) is 13.0 Å². The van der Waals surface area contributed by atoms with Gasteiger partial charge in [-0.25, -0.2) is 8.78 Å². The molecule has 0 atom stereocenters. The number of benzene rings is 3. The molecule has 0 unspecified atom stereocenters. The van der Waals surface area contributed by atoms with Gasteiger partial charge in [0.05, 0.1) is 11.7 Å². The van der Waals surface area contributed by atoms with Gasteiger partial charge in [0.15, 0.2) is 11.6 Å². The van der Waals surface area contributed by atoms with Crippen molar-refractivity contribution >= 4 is 33.8 Å². The third-order valence-electron chi connectivity index (χ3n) is 7.39. The van der Waals surface area contributed by atoms with Crippen LogP contribution in [0.25, 0.3) is 22.2 Å². The molecular formula is C33H27F2N5O3. The lowest BCUT2D eigenvalue weighted by atomic mass is 9.97. The molecule has 0 saturated carbocycles. The van der Waals surface area contributed by atoms with Crippen LogP contribution in [0.2, 0.25) is 0 Å². The summed E-state index contributed by atoms with van der Waals surface area (Å²) >= 11 is 0. The molecule has 0 saturated heterocycles. The van der Waals surface area contributed by atoms with Crippen LogP contribution in [0.15, 0.2) is 82.8 Å². The molecule has 6 rings (SSSR count). The van der Waals surface area contributed by atoms with E-state index in [9.17, 15) is 14.0 Å². The van der Waals surface area contributed by atoms with Crippen molar-refractivity contribution in [1.29, 1.82) is 0 Å². The van der Waals surface area contributed by atoms with Gasteiger partial charge in [-0.2, -0.15) is 5.10 Å². The number of pyridine rings is 1. The van der Waals surface area contributed by atoms with Crippen LogP contribution >= 0.6 is 0 Å². The maximum absolute atomic E-state index is 15.4. The number of amides is 1. The Labute approximate surface area is 245 Å². The summed E-state index contributed by atoms with van der Waals surface area (Å²) in [6.07, 6.45) is 5.04. The smallest absolute Gasteiger partial charge is 0.268 e. The Morgan fingerprint density at radius 2 is 1.77 bits per heavy atom. The lowest BCUT2D eigenvalue weighted by Crippen LogP contribution is -2.31. The Bertz CT molecular complexity index is 2020. The van der Waals surface area contributed by atoms with Gasteiger partial charge in [0.25, 0.3) is 11.5 Å². The third-order valence-corrected chi connectivity index (χ3v) is 7.39. The number of carbonyl (C=O) groups is 1. The number of nitrogens with one attached hydrogen (secondary N) is 2. The highest BCUT2D eigenvalue weighted by Gasteiger charge is 2.21. The molecule has 1 amide bonds. The molecule has 3 heterocycles. The van der Waals surface area contributed by atoms with E-state index in [1.165, 1.54) is 41.0 Å². The molecule has 1 aliphatic rings. The minimum atomic E-state index is -0.702. The van der Waals surface area contributed by atoms with Gasteiger partial charge < -0.3 is 10.1 Å². The molecule has 2 aromatic heterocycles. The third kappa shape index (κ3) is 5.46. The summed E-state index contributed by atoms with van der Waals surface area (Å²) in [6.45, 7) is 5.35. The zero-order valence-electron chi connectivity index (χ0n) is 23.7. The summed E-state index contributed by atoms with van der Waals surface area (Å²) < 4.78 is 36.2. The molecular weight excluding hydrogens is 552 g/mol. The molecule has 0 fully saturated rings. The fourth-order valence-corrected chi connectivity index (χ4v) is 5.19. The summed E-state index contributed by atoms with van der Waals surface area (Å²) in [5.74, 6) is -1.43. The maximum Gasteiger partial charge on any atom is 0.268 e. The molecule has 43 heavy (non-hydrogen) atoms. The largest absolute Gasteiger partial charge is 0.454 e. The molecule has 0 spiro atoms. The van der Waals surface area contributed by atoms with Gasteiger partial charge >= 0.3 is 0 Å². The standard InChI is InChI=1S/C33H27F2N5O3/c1-18-12-20(3)40(25-9-6-23(34)7-10-25)33(42)31(18)32(41)38-24-8-11-29(27(35)14-24)43-30-13-22-17-37-39-28(22)15-26(30)21-5-4-19(2)36-16-21/h6-17H,4-5H2,1-3H3,(H,37,39)(H,38,41). The van der Waals surface area contributed by atoms with Crippen molar-refractivity contribution in [1.82, 2.24) is 14.8 Å². The highest BCUT2D eigenvalue weighted by atomic mass is 19.1. The van der Waals surface area contributed by atoms with Gasteiger partial charge in [-0.1, -0.05) is 0 Å². The number of hydrogen-bond acceptors (Lipinski definition) is 5. The van der Waals surface area contributed by atoms with E-state index < -0.39 is 23.1 Å². The van der Waals surface area contributed by atoms with Crippen molar-refractivity contribution in [3.8, 4) is 17.2 Å². The summed E-state index contributed by atoms with van der Waals surface area (Å²) in [5.41, 5.74) is 4.52. The quantitative estimate of drug-likeness (QED) is 0.221.